The maximum atomic E-state index is 5.65. The zero-order chi connectivity index (χ0) is 14.9. The lowest BCUT2D eigenvalue weighted by Crippen LogP contribution is -3.07. The first kappa shape index (κ1) is 16.2. The van der Waals surface area contributed by atoms with Crippen LogP contribution in [0.15, 0.2) is 24.3 Å². The monoisotopic (exact) mass is 295 g/mol. The number of quaternary nitrogens is 1. The van der Waals surface area contributed by atoms with Crippen molar-refractivity contribution >= 4 is 11.4 Å². The van der Waals surface area contributed by atoms with Gasteiger partial charge in [0.25, 0.3) is 0 Å². The van der Waals surface area contributed by atoms with Crippen molar-refractivity contribution in [3.63, 3.8) is 0 Å². The van der Waals surface area contributed by atoms with Crippen LogP contribution in [-0.2, 0) is 14.2 Å². The van der Waals surface area contributed by atoms with Gasteiger partial charge >= 0.3 is 0 Å². The van der Waals surface area contributed by atoms with E-state index in [2.05, 4.69) is 36.2 Å². The lowest BCUT2D eigenvalue weighted by Gasteiger charge is -2.13. The zero-order valence-corrected chi connectivity index (χ0v) is 13.1. The lowest BCUT2D eigenvalue weighted by molar-refractivity contribution is -0.826. The predicted molar refractivity (Wildman–Crippen MR) is 83.3 cm³/mol. The van der Waals surface area contributed by atoms with Crippen molar-refractivity contribution in [1.82, 2.24) is 0 Å². The molecule has 0 aromatic heterocycles. The van der Waals surface area contributed by atoms with E-state index in [-0.39, 0.29) is 0 Å². The quantitative estimate of drug-likeness (QED) is 0.644. The first-order chi connectivity index (χ1) is 10.3. The van der Waals surface area contributed by atoms with Crippen LogP contribution >= 0.6 is 0 Å². The van der Waals surface area contributed by atoms with E-state index < -0.39 is 0 Å². The fraction of sp³-hybridized carbons (Fsp3) is 0.625. The summed E-state index contributed by atoms with van der Waals surface area (Å²) >= 11 is 0. The Morgan fingerprint density at radius 1 is 1.00 bits per heavy atom. The summed E-state index contributed by atoms with van der Waals surface area (Å²) in [5.41, 5.74) is 2.70. The van der Waals surface area contributed by atoms with Crippen LogP contribution in [0, 0.1) is 0 Å². The molecule has 0 fully saturated rings. The molecule has 0 radical (unpaired) electrons. The number of benzene rings is 1. The molecule has 0 aliphatic carbocycles. The summed E-state index contributed by atoms with van der Waals surface area (Å²) in [5, 5.41) is 0. The smallest absolute Gasteiger partial charge is 0.157 e. The standard InChI is InChI=1S/C16H26N2O3/c1-3-19-10-11-21-13-12-20-9-8-18-14-17(2)15-6-4-5-7-16(15)18/h4-7H,3,8-14H2,1-2H3/p+1. The van der Waals surface area contributed by atoms with Crippen molar-refractivity contribution in [3.8, 4) is 0 Å². The van der Waals surface area contributed by atoms with Crippen LogP contribution in [0.25, 0.3) is 0 Å². The van der Waals surface area contributed by atoms with Gasteiger partial charge in [-0.05, 0) is 13.0 Å². The maximum Gasteiger partial charge on any atom is 0.157 e. The number of ether oxygens (including phenoxy) is 3. The fourth-order valence-corrected chi connectivity index (χ4v) is 2.56. The molecule has 5 heteroatoms. The minimum Gasteiger partial charge on any atom is -0.379 e. The third-order valence-corrected chi connectivity index (χ3v) is 3.62. The van der Waals surface area contributed by atoms with Gasteiger partial charge in [-0.1, -0.05) is 12.1 Å². The fourth-order valence-electron chi connectivity index (χ4n) is 2.56. The molecule has 1 heterocycles. The molecule has 1 aromatic carbocycles. The van der Waals surface area contributed by atoms with Gasteiger partial charge in [0.1, 0.15) is 12.2 Å². The summed E-state index contributed by atoms with van der Waals surface area (Å²) in [6, 6.07) is 8.57. The summed E-state index contributed by atoms with van der Waals surface area (Å²) in [5.74, 6) is 0. The van der Waals surface area contributed by atoms with Crippen molar-refractivity contribution in [1.29, 1.82) is 0 Å². The Hall–Kier alpha value is -1.14. The van der Waals surface area contributed by atoms with Crippen LogP contribution in [0.1, 0.15) is 6.92 Å². The van der Waals surface area contributed by atoms with E-state index in [0.29, 0.717) is 26.4 Å². The molecule has 0 spiro atoms. The van der Waals surface area contributed by atoms with Crippen molar-refractivity contribution in [2.45, 2.75) is 6.92 Å². The predicted octanol–water partition coefficient (Wildman–Crippen LogP) is 0.680. The summed E-state index contributed by atoms with van der Waals surface area (Å²) < 4.78 is 16.3. The minimum atomic E-state index is 0.638. The van der Waals surface area contributed by atoms with Gasteiger partial charge in [0.2, 0.25) is 0 Å². The van der Waals surface area contributed by atoms with Gasteiger partial charge in [0.15, 0.2) is 12.4 Å². The normalized spacial score (nSPS) is 17.2. The van der Waals surface area contributed by atoms with Gasteiger partial charge in [-0.2, -0.15) is 0 Å². The van der Waals surface area contributed by atoms with Crippen molar-refractivity contribution in [2.75, 3.05) is 64.8 Å². The average molecular weight is 295 g/mol. The maximum absolute atomic E-state index is 5.65. The van der Waals surface area contributed by atoms with Gasteiger partial charge in [-0.3, -0.25) is 4.90 Å². The highest BCUT2D eigenvalue weighted by Crippen LogP contribution is 2.23. The second-order valence-corrected chi connectivity index (χ2v) is 5.15. The SMILES string of the molecule is CCOCCOCCOCC[NH+]1CN(C)c2ccccc21. The second-order valence-electron chi connectivity index (χ2n) is 5.15. The molecule has 0 saturated carbocycles. The number of para-hydroxylation sites is 2. The molecular formula is C16H27N2O3+. The van der Waals surface area contributed by atoms with Crippen molar-refractivity contribution < 1.29 is 19.1 Å². The van der Waals surface area contributed by atoms with Gasteiger partial charge < -0.3 is 19.1 Å². The topological polar surface area (TPSA) is 35.4 Å². The third-order valence-electron chi connectivity index (χ3n) is 3.62. The molecule has 1 aromatic rings. The molecule has 1 N–H and O–H groups in total. The van der Waals surface area contributed by atoms with E-state index in [4.69, 9.17) is 14.2 Å². The Kier molecular flexibility index (Phi) is 6.95. The zero-order valence-electron chi connectivity index (χ0n) is 13.1. The number of hydrogen-bond donors (Lipinski definition) is 1. The molecular weight excluding hydrogens is 268 g/mol. The van der Waals surface area contributed by atoms with E-state index in [0.717, 1.165) is 26.4 Å². The molecule has 2 rings (SSSR count). The van der Waals surface area contributed by atoms with E-state index in [1.807, 2.05) is 6.92 Å². The number of nitrogens with one attached hydrogen (secondary N) is 1. The van der Waals surface area contributed by atoms with E-state index in [1.165, 1.54) is 16.3 Å². The Labute approximate surface area is 127 Å². The Bertz CT molecular complexity index is 414. The van der Waals surface area contributed by atoms with Crippen LogP contribution < -0.4 is 9.80 Å². The highest BCUT2D eigenvalue weighted by molar-refractivity contribution is 5.64. The van der Waals surface area contributed by atoms with Gasteiger partial charge in [0, 0.05) is 19.7 Å². The van der Waals surface area contributed by atoms with Crippen LogP contribution in [0.5, 0.6) is 0 Å². The number of nitrogens with zero attached hydrogens (tertiary/aromatic N) is 1. The molecule has 5 nitrogen and oxygen atoms in total. The first-order valence-corrected chi connectivity index (χ1v) is 7.71. The third kappa shape index (κ3) is 4.97. The molecule has 0 bridgehead atoms. The van der Waals surface area contributed by atoms with Crippen LogP contribution in [-0.4, -0.2) is 59.9 Å². The summed E-state index contributed by atoms with van der Waals surface area (Å²) in [7, 11) is 2.14. The molecule has 118 valence electrons. The molecule has 0 amide bonds. The van der Waals surface area contributed by atoms with Crippen molar-refractivity contribution in [3.05, 3.63) is 24.3 Å². The second kappa shape index (κ2) is 9.00. The molecule has 0 saturated heterocycles. The van der Waals surface area contributed by atoms with E-state index in [1.54, 1.807) is 0 Å². The molecule has 1 aliphatic rings. The van der Waals surface area contributed by atoms with E-state index >= 15 is 0 Å². The average Bonchev–Trinajstić information content (AvgIpc) is 2.83. The lowest BCUT2D eigenvalue weighted by atomic mass is 10.2. The minimum absolute atomic E-state index is 0.638. The Morgan fingerprint density at radius 2 is 1.67 bits per heavy atom. The largest absolute Gasteiger partial charge is 0.379 e. The number of anilines is 1. The van der Waals surface area contributed by atoms with Crippen LogP contribution in [0.4, 0.5) is 11.4 Å². The summed E-state index contributed by atoms with van der Waals surface area (Å²) in [6.07, 6.45) is 0. The number of hydrogen-bond acceptors (Lipinski definition) is 4. The highest BCUT2D eigenvalue weighted by atomic mass is 16.5. The van der Waals surface area contributed by atoms with Crippen LogP contribution in [0.2, 0.25) is 0 Å². The van der Waals surface area contributed by atoms with Crippen molar-refractivity contribution in [2.24, 2.45) is 0 Å². The Morgan fingerprint density at radius 3 is 2.43 bits per heavy atom. The first-order valence-electron chi connectivity index (χ1n) is 7.71. The highest BCUT2D eigenvalue weighted by Gasteiger charge is 2.27. The van der Waals surface area contributed by atoms with Gasteiger partial charge in [-0.15, -0.1) is 0 Å². The summed E-state index contributed by atoms with van der Waals surface area (Å²) in [4.78, 5) is 3.76. The molecule has 1 aliphatic heterocycles. The Balaban J connectivity index is 1.56. The van der Waals surface area contributed by atoms with Gasteiger partial charge in [-0.25, -0.2) is 0 Å². The molecule has 1 unspecified atom stereocenters. The molecule has 21 heavy (non-hydrogen) atoms. The summed E-state index contributed by atoms with van der Waals surface area (Å²) in [6.45, 7) is 8.08. The molecule has 1 atom stereocenters. The van der Waals surface area contributed by atoms with Crippen LogP contribution in [0.3, 0.4) is 0 Å². The number of fused-ring (bicyclic) bond motifs is 1. The van der Waals surface area contributed by atoms with Gasteiger partial charge in [0.05, 0.1) is 33.0 Å². The van der Waals surface area contributed by atoms with E-state index in [9.17, 15) is 0 Å². The number of rotatable bonds is 10.